The highest BCUT2D eigenvalue weighted by Crippen LogP contribution is 2.31. The Balaban J connectivity index is 1.70. The van der Waals surface area contributed by atoms with Gasteiger partial charge in [-0.25, -0.2) is 4.79 Å². The summed E-state index contributed by atoms with van der Waals surface area (Å²) in [5.74, 6) is -0.355. The number of hydrogen-bond acceptors (Lipinski definition) is 4. The summed E-state index contributed by atoms with van der Waals surface area (Å²) in [6.45, 7) is 4.28. The Bertz CT molecular complexity index is 925. The second-order valence-corrected chi connectivity index (χ2v) is 6.51. The van der Waals surface area contributed by atoms with Crippen molar-refractivity contribution in [1.29, 1.82) is 0 Å². The molecule has 0 radical (unpaired) electrons. The summed E-state index contributed by atoms with van der Waals surface area (Å²) in [4.78, 5) is 37.6. The van der Waals surface area contributed by atoms with Gasteiger partial charge in [0.15, 0.2) is 0 Å². The van der Waals surface area contributed by atoms with E-state index in [1.54, 1.807) is 54.6 Å². The number of amides is 4. The topological polar surface area (TPSA) is 87.7 Å². The van der Waals surface area contributed by atoms with E-state index in [4.69, 9.17) is 4.74 Å². The number of hydrazine groups is 1. The summed E-state index contributed by atoms with van der Waals surface area (Å²) in [6.07, 6.45) is 3.22. The zero-order valence-electron chi connectivity index (χ0n) is 16.3. The van der Waals surface area contributed by atoms with Gasteiger partial charge in [0.1, 0.15) is 11.3 Å². The summed E-state index contributed by atoms with van der Waals surface area (Å²) in [5, 5.41) is 3.45. The molecule has 0 spiro atoms. The smallest absolute Gasteiger partial charge is 0.344 e. The minimum absolute atomic E-state index is 0.357. The first-order valence-corrected chi connectivity index (χ1v) is 9.44. The van der Waals surface area contributed by atoms with Crippen molar-refractivity contribution in [1.82, 2.24) is 15.8 Å². The third kappa shape index (κ3) is 4.13. The van der Waals surface area contributed by atoms with E-state index in [1.165, 1.54) is 6.08 Å². The number of carbonyl (C=O) groups excluding carboxylic acids is 3. The number of urea groups is 1. The van der Waals surface area contributed by atoms with Crippen LogP contribution in [-0.4, -0.2) is 29.5 Å². The van der Waals surface area contributed by atoms with Gasteiger partial charge in [0.05, 0.1) is 6.61 Å². The first-order valence-electron chi connectivity index (χ1n) is 9.44. The highest BCUT2D eigenvalue weighted by molar-refractivity contribution is 6.09. The molecule has 29 heavy (non-hydrogen) atoms. The van der Waals surface area contributed by atoms with E-state index >= 15 is 0 Å². The molecule has 1 atom stereocenters. The van der Waals surface area contributed by atoms with E-state index in [1.807, 2.05) is 19.9 Å². The zero-order chi connectivity index (χ0) is 20.9. The fraction of sp³-hybridized carbons (Fsp3) is 0.227. The minimum atomic E-state index is -1.19. The number of benzene rings is 2. The minimum Gasteiger partial charge on any atom is -0.494 e. The van der Waals surface area contributed by atoms with Gasteiger partial charge in [0.2, 0.25) is 0 Å². The molecular formula is C22H23N3O4. The van der Waals surface area contributed by atoms with Crippen LogP contribution >= 0.6 is 0 Å². The zero-order valence-corrected chi connectivity index (χ0v) is 16.3. The number of imide groups is 1. The number of rotatable bonds is 7. The van der Waals surface area contributed by atoms with Gasteiger partial charge in [-0.2, -0.15) is 5.01 Å². The second kappa shape index (κ2) is 8.60. The lowest BCUT2D eigenvalue weighted by molar-refractivity contribution is -0.138. The highest BCUT2D eigenvalue weighted by Gasteiger charge is 2.52. The molecule has 0 aromatic heterocycles. The molecular weight excluding hydrogens is 370 g/mol. The van der Waals surface area contributed by atoms with Crippen LogP contribution in [0, 0.1) is 0 Å². The van der Waals surface area contributed by atoms with Crippen LogP contribution in [-0.2, 0) is 15.1 Å². The molecule has 1 fully saturated rings. The molecule has 2 N–H and O–H groups in total. The Morgan fingerprint density at radius 3 is 2.41 bits per heavy atom. The predicted molar refractivity (Wildman–Crippen MR) is 109 cm³/mol. The molecule has 2 aromatic carbocycles. The molecule has 150 valence electrons. The number of hydrogen-bond donors (Lipinski definition) is 2. The maximum absolute atomic E-state index is 13.0. The van der Waals surface area contributed by atoms with Crippen LogP contribution in [0.3, 0.4) is 0 Å². The average Bonchev–Trinajstić information content (AvgIpc) is 2.99. The van der Waals surface area contributed by atoms with Crippen molar-refractivity contribution in [2.45, 2.75) is 25.8 Å². The van der Waals surface area contributed by atoms with Crippen LogP contribution in [0.4, 0.5) is 4.79 Å². The average molecular weight is 393 g/mol. The standard InChI is InChI=1S/C22H23N3O4/c1-3-22(17-8-6-5-7-9-17)20(27)25(21(28)23-22)24-19(26)15-12-16-10-13-18(14-11-16)29-4-2/h5-15H,3-4H2,1-2H3,(H,23,28)(H,24,26)/b15-12+/t22-/m0/s1. The van der Waals surface area contributed by atoms with Gasteiger partial charge in [-0.1, -0.05) is 49.4 Å². The quantitative estimate of drug-likeness (QED) is 0.559. The molecule has 0 bridgehead atoms. The van der Waals surface area contributed by atoms with Gasteiger partial charge in [-0.05, 0) is 42.7 Å². The number of carbonyl (C=O) groups is 3. The van der Waals surface area contributed by atoms with Crippen LogP contribution in [0.1, 0.15) is 31.4 Å². The van der Waals surface area contributed by atoms with Crippen LogP contribution in [0.2, 0.25) is 0 Å². The van der Waals surface area contributed by atoms with Gasteiger partial charge in [-0.15, -0.1) is 0 Å². The van der Waals surface area contributed by atoms with Crippen LogP contribution < -0.4 is 15.5 Å². The summed E-state index contributed by atoms with van der Waals surface area (Å²) in [5.41, 5.74) is 2.62. The first-order chi connectivity index (χ1) is 14.0. The van der Waals surface area contributed by atoms with Crippen LogP contribution in [0.15, 0.2) is 60.7 Å². The predicted octanol–water partition coefficient (Wildman–Crippen LogP) is 2.99. The number of nitrogens with one attached hydrogen (secondary N) is 2. The van der Waals surface area contributed by atoms with Gasteiger partial charge < -0.3 is 10.1 Å². The lowest BCUT2D eigenvalue weighted by Gasteiger charge is -2.25. The molecule has 2 aromatic rings. The van der Waals surface area contributed by atoms with Crippen molar-refractivity contribution < 1.29 is 19.1 Å². The Morgan fingerprint density at radius 1 is 1.10 bits per heavy atom. The maximum atomic E-state index is 13.0. The molecule has 3 rings (SSSR count). The Labute approximate surface area is 169 Å². The SMILES string of the molecule is CCOc1ccc(/C=C/C(=O)NN2C(=O)N[C@@](CC)(c3ccccc3)C2=O)cc1. The molecule has 0 saturated carbocycles. The van der Waals surface area contributed by atoms with E-state index in [2.05, 4.69) is 10.7 Å². The number of nitrogens with zero attached hydrogens (tertiary/aromatic N) is 1. The third-order valence-corrected chi connectivity index (χ3v) is 4.73. The molecule has 4 amide bonds. The molecule has 7 heteroatoms. The van der Waals surface area contributed by atoms with E-state index in [0.29, 0.717) is 18.6 Å². The highest BCUT2D eigenvalue weighted by atomic mass is 16.5. The third-order valence-electron chi connectivity index (χ3n) is 4.73. The lowest BCUT2D eigenvalue weighted by Crippen LogP contribution is -2.48. The fourth-order valence-corrected chi connectivity index (χ4v) is 3.20. The summed E-state index contributed by atoms with van der Waals surface area (Å²) >= 11 is 0. The van der Waals surface area contributed by atoms with Crippen molar-refractivity contribution in [2.24, 2.45) is 0 Å². The van der Waals surface area contributed by atoms with E-state index in [9.17, 15) is 14.4 Å². The van der Waals surface area contributed by atoms with Crippen LogP contribution in [0.5, 0.6) is 5.75 Å². The number of ether oxygens (including phenoxy) is 1. The lowest BCUT2D eigenvalue weighted by atomic mass is 9.87. The molecule has 1 saturated heterocycles. The normalized spacial score (nSPS) is 18.8. The molecule has 1 aliphatic heterocycles. The first kappa shape index (κ1) is 20.1. The Morgan fingerprint density at radius 2 is 1.79 bits per heavy atom. The Hall–Kier alpha value is -3.61. The van der Waals surface area contributed by atoms with Crippen molar-refractivity contribution in [3.8, 4) is 5.75 Å². The van der Waals surface area contributed by atoms with Gasteiger partial charge in [0.25, 0.3) is 11.8 Å². The molecule has 0 unspecified atom stereocenters. The second-order valence-electron chi connectivity index (χ2n) is 6.51. The van der Waals surface area contributed by atoms with Crippen molar-refractivity contribution >= 4 is 23.9 Å². The summed E-state index contributed by atoms with van der Waals surface area (Å²) in [7, 11) is 0. The van der Waals surface area contributed by atoms with E-state index < -0.39 is 23.4 Å². The fourth-order valence-electron chi connectivity index (χ4n) is 3.20. The van der Waals surface area contributed by atoms with E-state index in [0.717, 1.165) is 16.3 Å². The Kier molecular flexibility index (Phi) is 5.97. The summed E-state index contributed by atoms with van der Waals surface area (Å²) in [6, 6.07) is 15.5. The van der Waals surface area contributed by atoms with Crippen molar-refractivity contribution in [2.75, 3.05) is 6.61 Å². The van der Waals surface area contributed by atoms with Crippen molar-refractivity contribution in [3.05, 3.63) is 71.8 Å². The molecule has 1 heterocycles. The van der Waals surface area contributed by atoms with Gasteiger partial charge >= 0.3 is 6.03 Å². The maximum Gasteiger partial charge on any atom is 0.344 e. The van der Waals surface area contributed by atoms with Gasteiger partial charge in [-0.3, -0.25) is 15.0 Å². The largest absolute Gasteiger partial charge is 0.494 e. The molecule has 1 aliphatic rings. The molecule has 7 nitrogen and oxygen atoms in total. The molecule has 0 aliphatic carbocycles. The van der Waals surface area contributed by atoms with E-state index in [-0.39, 0.29) is 0 Å². The van der Waals surface area contributed by atoms with Crippen molar-refractivity contribution in [3.63, 3.8) is 0 Å². The van der Waals surface area contributed by atoms with Crippen LogP contribution in [0.25, 0.3) is 6.08 Å². The summed E-state index contributed by atoms with van der Waals surface area (Å²) < 4.78 is 5.37. The van der Waals surface area contributed by atoms with Gasteiger partial charge in [0, 0.05) is 6.08 Å². The monoisotopic (exact) mass is 393 g/mol.